The van der Waals surface area contributed by atoms with Crippen molar-refractivity contribution in [3.8, 4) is 0 Å². The minimum Gasteiger partial charge on any atom is -0.272 e. The van der Waals surface area contributed by atoms with Gasteiger partial charge in [0.05, 0.1) is 17.1 Å². The van der Waals surface area contributed by atoms with Gasteiger partial charge in [-0.1, -0.05) is 19.1 Å². The highest BCUT2D eigenvalue weighted by Gasteiger charge is 2.17. The van der Waals surface area contributed by atoms with E-state index < -0.39 is 9.84 Å². The van der Waals surface area contributed by atoms with Gasteiger partial charge in [0.15, 0.2) is 9.84 Å². The first-order valence-electron chi connectivity index (χ1n) is 6.74. The van der Waals surface area contributed by atoms with Gasteiger partial charge < -0.3 is 0 Å². The number of nitrogens with zero attached hydrogens (tertiary/aromatic N) is 2. The summed E-state index contributed by atoms with van der Waals surface area (Å²) in [4.78, 5) is 0.279. The van der Waals surface area contributed by atoms with Gasteiger partial charge in [-0.3, -0.25) is 10.5 Å². The van der Waals surface area contributed by atoms with Gasteiger partial charge in [-0.2, -0.15) is 5.10 Å². The fraction of sp³-hybridized carbons (Fsp3) is 0.357. The molecular weight excluding hydrogens is 288 g/mol. The Morgan fingerprint density at radius 2 is 2.14 bits per heavy atom. The molecule has 0 saturated heterocycles. The summed E-state index contributed by atoms with van der Waals surface area (Å²) in [5.74, 6) is 5.64. The Morgan fingerprint density at radius 1 is 1.38 bits per heavy atom. The number of rotatable bonds is 6. The van der Waals surface area contributed by atoms with Crippen LogP contribution >= 0.6 is 0 Å². The molecule has 1 unspecified atom stereocenters. The van der Waals surface area contributed by atoms with Crippen LogP contribution in [-0.2, 0) is 16.4 Å². The maximum atomic E-state index is 11.7. The van der Waals surface area contributed by atoms with Gasteiger partial charge in [0.25, 0.3) is 0 Å². The van der Waals surface area contributed by atoms with E-state index in [0.717, 1.165) is 24.1 Å². The lowest BCUT2D eigenvalue weighted by molar-refractivity contribution is 0.596. The molecule has 3 N–H and O–H groups in total. The Hall–Kier alpha value is -1.70. The molecule has 0 spiro atoms. The average Bonchev–Trinajstić information content (AvgIpc) is 2.88. The maximum absolute atomic E-state index is 11.7. The highest BCUT2D eigenvalue weighted by Crippen LogP contribution is 2.23. The summed E-state index contributed by atoms with van der Waals surface area (Å²) in [6, 6.07) is 6.48. The van der Waals surface area contributed by atoms with Crippen LogP contribution in [0.1, 0.15) is 30.5 Å². The lowest BCUT2D eigenvalue weighted by Crippen LogP contribution is -2.28. The zero-order valence-electron chi connectivity index (χ0n) is 12.2. The van der Waals surface area contributed by atoms with E-state index in [9.17, 15) is 8.42 Å². The molecule has 21 heavy (non-hydrogen) atoms. The lowest BCUT2D eigenvalue weighted by atomic mass is 10.0. The highest BCUT2D eigenvalue weighted by atomic mass is 32.2. The van der Waals surface area contributed by atoms with Crippen LogP contribution in [0.15, 0.2) is 41.6 Å². The zero-order chi connectivity index (χ0) is 15.5. The minimum atomic E-state index is -3.24. The molecule has 1 aromatic carbocycles. The number of hydrazine groups is 1. The van der Waals surface area contributed by atoms with Crippen molar-refractivity contribution in [2.75, 3.05) is 6.26 Å². The second kappa shape index (κ2) is 6.38. The number of nitrogens with two attached hydrogens (primary N) is 1. The summed E-state index contributed by atoms with van der Waals surface area (Å²) in [6.07, 6.45) is 5.84. The van der Waals surface area contributed by atoms with Crippen LogP contribution < -0.4 is 11.3 Å². The highest BCUT2D eigenvalue weighted by molar-refractivity contribution is 7.90. The van der Waals surface area contributed by atoms with Crippen molar-refractivity contribution >= 4 is 9.84 Å². The molecule has 0 bridgehead atoms. The summed E-state index contributed by atoms with van der Waals surface area (Å²) in [5.41, 5.74) is 4.41. The summed E-state index contributed by atoms with van der Waals surface area (Å²) in [6.45, 7) is 2.91. The third-order valence-electron chi connectivity index (χ3n) is 3.23. The van der Waals surface area contributed by atoms with E-state index in [1.165, 1.54) is 6.26 Å². The van der Waals surface area contributed by atoms with Crippen LogP contribution in [0.25, 0.3) is 0 Å². The van der Waals surface area contributed by atoms with E-state index in [1.807, 2.05) is 16.9 Å². The van der Waals surface area contributed by atoms with Crippen LogP contribution in [0, 0.1) is 0 Å². The number of aromatic nitrogens is 2. The molecule has 0 aliphatic carbocycles. The number of hydrogen-bond donors (Lipinski definition) is 2. The molecule has 0 saturated carbocycles. The van der Waals surface area contributed by atoms with Gasteiger partial charge >= 0.3 is 0 Å². The zero-order valence-corrected chi connectivity index (χ0v) is 13.0. The molecule has 2 rings (SSSR count). The van der Waals surface area contributed by atoms with Crippen molar-refractivity contribution in [2.24, 2.45) is 5.84 Å². The topological polar surface area (TPSA) is 90.0 Å². The third-order valence-corrected chi connectivity index (χ3v) is 4.34. The first kappa shape index (κ1) is 15.7. The van der Waals surface area contributed by atoms with Crippen molar-refractivity contribution in [2.45, 2.75) is 30.8 Å². The lowest BCUT2D eigenvalue weighted by Gasteiger charge is -2.15. The number of aryl methyl sites for hydroxylation is 1. The molecule has 114 valence electrons. The molecule has 0 aliphatic heterocycles. The molecule has 0 aliphatic rings. The Morgan fingerprint density at radius 3 is 2.76 bits per heavy atom. The predicted octanol–water partition coefficient (Wildman–Crippen LogP) is 1.25. The number of benzene rings is 1. The molecule has 1 heterocycles. The molecule has 0 radical (unpaired) electrons. The summed E-state index contributed by atoms with van der Waals surface area (Å²) in [7, 11) is -3.24. The van der Waals surface area contributed by atoms with Gasteiger partial charge in [-0.15, -0.1) is 0 Å². The number of nitrogens with one attached hydrogen (secondary N) is 1. The van der Waals surface area contributed by atoms with E-state index >= 15 is 0 Å². The Kier molecular flexibility index (Phi) is 4.76. The molecule has 2 aromatic rings. The van der Waals surface area contributed by atoms with E-state index in [1.54, 1.807) is 24.4 Å². The van der Waals surface area contributed by atoms with Gasteiger partial charge in [0.1, 0.15) is 0 Å². The SMILES string of the molecule is CCCn1cc(C(NN)c2cccc(S(C)(=O)=O)c2)cn1. The summed E-state index contributed by atoms with van der Waals surface area (Å²) < 4.78 is 25.2. The monoisotopic (exact) mass is 308 g/mol. The van der Waals surface area contributed by atoms with Crippen molar-refractivity contribution in [3.05, 3.63) is 47.8 Å². The van der Waals surface area contributed by atoms with Gasteiger partial charge in [0.2, 0.25) is 0 Å². The second-order valence-corrected chi connectivity index (χ2v) is 7.00. The number of sulfone groups is 1. The largest absolute Gasteiger partial charge is 0.272 e. The van der Waals surface area contributed by atoms with E-state index in [4.69, 9.17) is 5.84 Å². The van der Waals surface area contributed by atoms with Crippen molar-refractivity contribution in [1.29, 1.82) is 0 Å². The third kappa shape index (κ3) is 3.69. The molecule has 0 amide bonds. The first-order valence-corrected chi connectivity index (χ1v) is 8.63. The molecule has 1 aromatic heterocycles. The molecular formula is C14H20N4O2S. The van der Waals surface area contributed by atoms with Crippen molar-refractivity contribution in [3.63, 3.8) is 0 Å². The van der Waals surface area contributed by atoms with Crippen LogP contribution in [0.5, 0.6) is 0 Å². The Labute approximate surface area is 124 Å². The maximum Gasteiger partial charge on any atom is 0.175 e. The standard InChI is InChI=1S/C14H20N4O2S/c1-3-7-18-10-12(9-16-18)14(17-15)11-5-4-6-13(8-11)21(2,19)20/h4-6,8-10,14,17H,3,7,15H2,1-2H3. The van der Waals surface area contributed by atoms with Gasteiger partial charge in [-0.25, -0.2) is 13.8 Å². The van der Waals surface area contributed by atoms with Gasteiger partial charge in [-0.05, 0) is 24.1 Å². The van der Waals surface area contributed by atoms with E-state index in [0.29, 0.717) is 0 Å². The Balaban J connectivity index is 2.36. The quantitative estimate of drug-likeness (QED) is 0.619. The van der Waals surface area contributed by atoms with E-state index in [-0.39, 0.29) is 10.9 Å². The fourth-order valence-electron chi connectivity index (χ4n) is 2.19. The number of hydrogen-bond acceptors (Lipinski definition) is 5. The normalized spacial score (nSPS) is 13.3. The molecule has 1 atom stereocenters. The van der Waals surface area contributed by atoms with Crippen LogP contribution in [-0.4, -0.2) is 24.5 Å². The van der Waals surface area contributed by atoms with Gasteiger partial charge in [0, 0.05) is 24.6 Å². The van der Waals surface area contributed by atoms with Crippen LogP contribution in [0.3, 0.4) is 0 Å². The van der Waals surface area contributed by atoms with Crippen molar-refractivity contribution < 1.29 is 8.42 Å². The van der Waals surface area contributed by atoms with Crippen LogP contribution in [0.4, 0.5) is 0 Å². The van der Waals surface area contributed by atoms with Crippen molar-refractivity contribution in [1.82, 2.24) is 15.2 Å². The van der Waals surface area contributed by atoms with Crippen LogP contribution in [0.2, 0.25) is 0 Å². The average molecular weight is 308 g/mol. The minimum absolute atomic E-state index is 0.279. The first-order chi connectivity index (χ1) is 9.95. The fourth-order valence-corrected chi connectivity index (χ4v) is 2.87. The summed E-state index contributed by atoms with van der Waals surface area (Å²) in [5, 5.41) is 4.27. The molecule has 0 fully saturated rings. The summed E-state index contributed by atoms with van der Waals surface area (Å²) >= 11 is 0. The second-order valence-electron chi connectivity index (χ2n) is 4.98. The van der Waals surface area contributed by atoms with E-state index in [2.05, 4.69) is 17.4 Å². The molecule has 6 nitrogen and oxygen atoms in total. The predicted molar refractivity (Wildman–Crippen MR) is 81.2 cm³/mol. The molecule has 7 heteroatoms. The Bertz CT molecular complexity index is 709. The smallest absolute Gasteiger partial charge is 0.175 e.